The molecule has 1 heterocycles. The van der Waals surface area contributed by atoms with Crippen molar-refractivity contribution in [2.45, 2.75) is 4.75 Å². The summed E-state index contributed by atoms with van der Waals surface area (Å²) >= 11 is 1.32. The summed E-state index contributed by atoms with van der Waals surface area (Å²) in [5, 5.41) is 12.1. The van der Waals surface area contributed by atoms with Gasteiger partial charge >= 0.3 is 0 Å². The second-order valence-corrected chi connectivity index (χ2v) is 8.05. The SMILES string of the molecule is ON1CC=CC=C1SC(c1ccc(F)cc1)(c1ccc(F)cc1)c1ccc(F)cc1. The van der Waals surface area contributed by atoms with Gasteiger partial charge in [-0.25, -0.2) is 18.2 Å². The van der Waals surface area contributed by atoms with Crippen LogP contribution >= 0.6 is 11.8 Å². The molecule has 0 fully saturated rings. The number of nitrogens with zero attached hydrogens (tertiary/aromatic N) is 1. The van der Waals surface area contributed by atoms with Crippen molar-refractivity contribution < 1.29 is 18.4 Å². The van der Waals surface area contributed by atoms with E-state index in [1.165, 1.54) is 48.2 Å². The van der Waals surface area contributed by atoms with Crippen molar-refractivity contribution in [1.29, 1.82) is 0 Å². The van der Waals surface area contributed by atoms with Gasteiger partial charge in [-0.3, -0.25) is 5.21 Å². The zero-order valence-corrected chi connectivity index (χ0v) is 16.6. The minimum absolute atomic E-state index is 0.311. The first-order valence-corrected chi connectivity index (χ1v) is 10.1. The molecule has 0 aromatic heterocycles. The topological polar surface area (TPSA) is 23.5 Å². The lowest BCUT2D eigenvalue weighted by Crippen LogP contribution is -2.29. The maximum Gasteiger partial charge on any atom is 0.123 e. The van der Waals surface area contributed by atoms with Gasteiger partial charge in [0.15, 0.2) is 0 Å². The molecule has 0 unspecified atom stereocenters. The fourth-order valence-electron chi connectivity index (χ4n) is 3.46. The lowest BCUT2D eigenvalue weighted by Gasteiger charge is -2.37. The number of rotatable bonds is 5. The average Bonchev–Trinajstić information content (AvgIpc) is 2.75. The third kappa shape index (κ3) is 3.88. The number of hydrogen-bond donors (Lipinski definition) is 1. The Balaban J connectivity index is 1.99. The number of halogens is 3. The summed E-state index contributed by atoms with van der Waals surface area (Å²) in [6.45, 7) is 0.311. The normalized spacial score (nSPS) is 14.0. The highest BCUT2D eigenvalue weighted by molar-refractivity contribution is 8.04. The first-order chi connectivity index (χ1) is 14.5. The molecule has 0 saturated carbocycles. The molecule has 30 heavy (non-hydrogen) atoms. The largest absolute Gasteiger partial charge is 0.288 e. The molecular weight excluding hydrogens is 407 g/mol. The molecule has 0 atom stereocenters. The smallest absolute Gasteiger partial charge is 0.123 e. The number of thioether (sulfide) groups is 1. The third-order valence-corrected chi connectivity index (χ3v) is 6.49. The number of hydrogen-bond acceptors (Lipinski definition) is 3. The Hall–Kier alpha value is -2.96. The molecule has 0 radical (unpaired) electrons. The molecule has 3 aromatic rings. The fraction of sp³-hybridized carbons (Fsp3) is 0.0833. The molecule has 2 nitrogen and oxygen atoms in total. The predicted molar refractivity (Wildman–Crippen MR) is 112 cm³/mol. The monoisotopic (exact) mass is 425 g/mol. The zero-order chi connectivity index (χ0) is 21.1. The van der Waals surface area contributed by atoms with E-state index >= 15 is 0 Å². The molecule has 4 rings (SSSR count). The van der Waals surface area contributed by atoms with Gasteiger partial charge in [0.2, 0.25) is 0 Å². The Kier molecular flexibility index (Phi) is 5.70. The minimum Gasteiger partial charge on any atom is -0.288 e. The molecule has 0 bridgehead atoms. The van der Waals surface area contributed by atoms with Crippen LogP contribution in [0, 0.1) is 17.5 Å². The first kappa shape index (κ1) is 20.3. The standard InChI is InChI=1S/C24H18F3NOS/c25-20-10-4-17(5-11-20)24(18-6-12-21(26)13-7-18,19-8-14-22(27)15-9-19)30-23-3-1-2-16-28(23)29/h1-15,29H,16H2. The minimum atomic E-state index is -0.993. The molecule has 3 aromatic carbocycles. The summed E-state index contributed by atoms with van der Waals surface area (Å²) in [4.78, 5) is 0. The number of hydroxylamine groups is 2. The highest BCUT2D eigenvalue weighted by Gasteiger charge is 2.39. The van der Waals surface area contributed by atoms with Crippen molar-refractivity contribution in [2.75, 3.05) is 6.54 Å². The molecule has 0 amide bonds. The van der Waals surface area contributed by atoms with Crippen molar-refractivity contribution in [3.63, 3.8) is 0 Å². The van der Waals surface area contributed by atoms with Crippen LogP contribution in [-0.4, -0.2) is 16.8 Å². The molecule has 0 aliphatic carbocycles. The molecule has 1 aliphatic heterocycles. The molecule has 1 aliphatic rings. The molecular formula is C24H18F3NOS. The van der Waals surface area contributed by atoms with Crippen molar-refractivity contribution >= 4 is 11.8 Å². The maximum atomic E-state index is 13.7. The highest BCUT2D eigenvalue weighted by atomic mass is 32.2. The summed E-state index contributed by atoms with van der Waals surface area (Å²) in [6.07, 6.45) is 5.40. The lowest BCUT2D eigenvalue weighted by atomic mass is 9.84. The first-order valence-electron chi connectivity index (χ1n) is 9.29. The Morgan fingerprint density at radius 2 is 1.10 bits per heavy atom. The van der Waals surface area contributed by atoms with Gasteiger partial charge in [0.05, 0.1) is 16.3 Å². The van der Waals surface area contributed by atoms with Gasteiger partial charge < -0.3 is 0 Å². The van der Waals surface area contributed by atoms with Crippen LogP contribution in [0.2, 0.25) is 0 Å². The van der Waals surface area contributed by atoms with Crippen molar-refractivity contribution in [3.8, 4) is 0 Å². The molecule has 152 valence electrons. The number of allylic oxidation sites excluding steroid dienone is 2. The van der Waals surface area contributed by atoms with Crippen molar-refractivity contribution in [1.82, 2.24) is 5.06 Å². The van der Waals surface area contributed by atoms with E-state index in [0.29, 0.717) is 28.3 Å². The fourth-order valence-corrected chi connectivity index (χ4v) is 4.86. The van der Waals surface area contributed by atoms with Gasteiger partial charge in [-0.1, -0.05) is 60.3 Å². The van der Waals surface area contributed by atoms with E-state index in [1.54, 1.807) is 48.6 Å². The van der Waals surface area contributed by atoms with E-state index in [1.807, 2.05) is 6.08 Å². The average molecular weight is 425 g/mol. The molecule has 6 heteroatoms. The van der Waals surface area contributed by atoms with Gasteiger partial charge in [0.1, 0.15) is 17.5 Å². The second kappa shape index (κ2) is 8.42. The second-order valence-electron chi connectivity index (χ2n) is 6.82. The van der Waals surface area contributed by atoms with E-state index in [4.69, 9.17) is 0 Å². The number of benzene rings is 3. The summed E-state index contributed by atoms with van der Waals surface area (Å²) in [5.41, 5.74) is 2.11. The Bertz CT molecular complexity index is 966. The van der Waals surface area contributed by atoms with Crippen molar-refractivity contribution in [2.24, 2.45) is 0 Å². The lowest BCUT2D eigenvalue weighted by molar-refractivity contribution is -0.0351. The van der Waals surface area contributed by atoms with Crippen LogP contribution in [0.1, 0.15) is 16.7 Å². The van der Waals surface area contributed by atoms with Crippen LogP contribution in [0.5, 0.6) is 0 Å². The molecule has 0 spiro atoms. The van der Waals surface area contributed by atoms with Gasteiger partial charge in [-0.05, 0) is 59.2 Å². The van der Waals surface area contributed by atoms with Crippen LogP contribution in [0.3, 0.4) is 0 Å². The van der Waals surface area contributed by atoms with Gasteiger partial charge in [-0.2, -0.15) is 0 Å². The van der Waals surface area contributed by atoms with Crippen LogP contribution in [0.4, 0.5) is 13.2 Å². The summed E-state index contributed by atoms with van der Waals surface area (Å²) in [7, 11) is 0. The van der Waals surface area contributed by atoms with Crippen LogP contribution < -0.4 is 0 Å². The van der Waals surface area contributed by atoms with E-state index < -0.39 is 4.75 Å². The predicted octanol–water partition coefficient (Wildman–Crippen LogP) is 6.23. The Morgan fingerprint density at radius 1 is 0.700 bits per heavy atom. The van der Waals surface area contributed by atoms with E-state index in [-0.39, 0.29) is 17.5 Å². The van der Waals surface area contributed by atoms with Crippen LogP contribution in [0.15, 0.2) is 96.1 Å². The van der Waals surface area contributed by atoms with Gasteiger partial charge in [0.25, 0.3) is 0 Å². The maximum absolute atomic E-state index is 13.7. The van der Waals surface area contributed by atoms with Gasteiger partial charge in [0, 0.05) is 0 Å². The Labute approximate surface area is 176 Å². The summed E-state index contributed by atoms with van der Waals surface area (Å²) in [6, 6.07) is 18.0. The van der Waals surface area contributed by atoms with E-state index in [2.05, 4.69) is 0 Å². The van der Waals surface area contributed by atoms with Crippen LogP contribution in [0.25, 0.3) is 0 Å². The summed E-state index contributed by atoms with van der Waals surface area (Å²) < 4.78 is 40.2. The molecule has 1 N–H and O–H groups in total. The molecule has 0 saturated heterocycles. The zero-order valence-electron chi connectivity index (χ0n) is 15.8. The van der Waals surface area contributed by atoms with Crippen molar-refractivity contribution in [3.05, 3.63) is 130 Å². The third-order valence-electron chi connectivity index (χ3n) is 4.92. The van der Waals surface area contributed by atoms with Gasteiger partial charge in [-0.15, -0.1) is 0 Å². The quantitative estimate of drug-likeness (QED) is 0.490. The van der Waals surface area contributed by atoms with E-state index in [9.17, 15) is 18.4 Å². The highest BCUT2D eigenvalue weighted by Crippen LogP contribution is 2.52. The summed E-state index contributed by atoms with van der Waals surface area (Å²) in [5.74, 6) is -1.17. The Morgan fingerprint density at radius 3 is 1.47 bits per heavy atom. The van der Waals surface area contributed by atoms with E-state index in [0.717, 1.165) is 5.06 Å². The van der Waals surface area contributed by atoms with Crippen LogP contribution in [-0.2, 0) is 4.75 Å².